The number of hydrogen-bond donors (Lipinski definition) is 1. The minimum absolute atomic E-state index is 0.116. The Morgan fingerprint density at radius 1 is 1.38 bits per heavy atom. The van der Waals surface area contributed by atoms with Gasteiger partial charge in [-0.25, -0.2) is 4.79 Å². The molecule has 0 atom stereocenters. The fourth-order valence-corrected chi connectivity index (χ4v) is 2.03. The molecule has 0 unspecified atom stereocenters. The zero-order chi connectivity index (χ0) is 14.8. The lowest BCUT2D eigenvalue weighted by atomic mass is 10.1. The second kappa shape index (κ2) is 5.35. The van der Waals surface area contributed by atoms with Gasteiger partial charge in [0.2, 0.25) is 11.6 Å². The molecule has 0 saturated carbocycles. The molecule has 0 aliphatic carbocycles. The first kappa shape index (κ1) is 13.3. The van der Waals surface area contributed by atoms with Crippen LogP contribution in [0.2, 0.25) is 0 Å². The van der Waals surface area contributed by atoms with Crippen molar-refractivity contribution in [2.24, 2.45) is 0 Å². The smallest absolute Gasteiger partial charge is 0.362 e. The lowest BCUT2D eigenvalue weighted by Crippen LogP contribution is -2.15. The minimum Gasteiger partial charge on any atom is -0.486 e. The van der Waals surface area contributed by atoms with Crippen LogP contribution < -0.4 is 14.2 Å². The number of oxazole rings is 1. The van der Waals surface area contributed by atoms with Crippen LogP contribution in [0.15, 0.2) is 22.6 Å². The van der Waals surface area contributed by atoms with Crippen LogP contribution in [0.3, 0.4) is 0 Å². The third kappa shape index (κ3) is 2.37. The number of carbonyl (C=O) groups is 1. The summed E-state index contributed by atoms with van der Waals surface area (Å²) in [7, 11) is 0. The number of para-hydroxylation sites is 1. The molecule has 7 heteroatoms. The molecule has 1 aromatic carbocycles. The van der Waals surface area contributed by atoms with E-state index in [2.05, 4.69) is 4.98 Å². The molecule has 0 saturated heterocycles. The maximum Gasteiger partial charge on any atom is 0.362 e. The number of aromatic carboxylic acids is 1. The van der Waals surface area contributed by atoms with Gasteiger partial charge in [0, 0.05) is 0 Å². The van der Waals surface area contributed by atoms with E-state index < -0.39 is 5.97 Å². The molecular weight excluding hydrogens is 278 g/mol. The molecule has 2 aromatic rings. The Balaban J connectivity index is 2.08. The Morgan fingerprint density at radius 3 is 2.95 bits per heavy atom. The Labute approximate surface area is 120 Å². The number of carboxylic acid groups (broad SMARTS) is 1. The molecule has 1 N–H and O–H groups in total. The number of aromatic nitrogens is 1. The fraction of sp³-hybridized carbons (Fsp3) is 0.286. The summed E-state index contributed by atoms with van der Waals surface area (Å²) in [4.78, 5) is 15.2. The van der Waals surface area contributed by atoms with Gasteiger partial charge in [-0.05, 0) is 19.1 Å². The van der Waals surface area contributed by atoms with Crippen LogP contribution in [0.25, 0.3) is 11.5 Å². The lowest BCUT2D eigenvalue weighted by Gasteiger charge is -2.19. The quantitative estimate of drug-likeness (QED) is 0.923. The highest BCUT2D eigenvalue weighted by molar-refractivity contribution is 5.88. The molecular formula is C14H13NO6. The van der Waals surface area contributed by atoms with Gasteiger partial charge in [0.15, 0.2) is 11.5 Å². The summed E-state index contributed by atoms with van der Waals surface area (Å²) < 4.78 is 21.6. The van der Waals surface area contributed by atoms with E-state index in [1.807, 2.05) is 0 Å². The van der Waals surface area contributed by atoms with E-state index in [0.29, 0.717) is 30.3 Å². The van der Waals surface area contributed by atoms with Gasteiger partial charge in [-0.3, -0.25) is 0 Å². The van der Waals surface area contributed by atoms with Gasteiger partial charge in [0.25, 0.3) is 0 Å². The highest BCUT2D eigenvalue weighted by atomic mass is 16.6. The summed E-state index contributed by atoms with van der Waals surface area (Å²) >= 11 is 0. The summed E-state index contributed by atoms with van der Waals surface area (Å²) in [5, 5.41) is 9.13. The van der Waals surface area contributed by atoms with Gasteiger partial charge < -0.3 is 23.7 Å². The van der Waals surface area contributed by atoms with Gasteiger partial charge in [-0.2, -0.15) is 4.98 Å². The van der Waals surface area contributed by atoms with Crippen molar-refractivity contribution in [1.29, 1.82) is 0 Å². The third-order valence-electron chi connectivity index (χ3n) is 2.87. The molecule has 0 fully saturated rings. The number of nitrogens with zero attached hydrogens (tertiary/aromatic N) is 1. The van der Waals surface area contributed by atoms with Crippen molar-refractivity contribution in [3.8, 4) is 28.9 Å². The number of rotatable bonds is 4. The first-order valence-electron chi connectivity index (χ1n) is 6.46. The second-order valence-electron chi connectivity index (χ2n) is 4.22. The van der Waals surface area contributed by atoms with Crippen LogP contribution in [0.1, 0.15) is 17.4 Å². The molecule has 0 radical (unpaired) electrons. The van der Waals surface area contributed by atoms with Gasteiger partial charge in [-0.15, -0.1) is 0 Å². The molecule has 0 amide bonds. The zero-order valence-corrected chi connectivity index (χ0v) is 11.3. The van der Waals surface area contributed by atoms with Crippen molar-refractivity contribution in [3.63, 3.8) is 0 Å². The van der Waals surface area contributed by atoms with E-state index in [9.17, 15) is 4.79 Å². The van der Waals surface area contributed by atoms with Crippen LogP contribution in [-0.4, -0.2) is 35.9 Å². The number of carboxylic acids is 1. The first-order chi connectivity index (χ1) is 10.2. The Hall–Kier alpha value is -2.70. The van der Waals surface area contributed by atoms with Gasteiger partial charge in [-0.1, -0.05) is 6.07 Å². The normalized spacial score (nSPS) is 13.0. The van der Waals surface area contributed by atoms with Gasteiger partial charge in [0.05, 0.1) is 12.2 Å². The Morgan fingerprint density at radius 2 is 2.19 bits per heavy atom. The van der Waals surface area contributed by atoms with Crippen molar-refractivity contribution in [3.05, 3.63) is 23.9 Å². The summed E-state index contributed by atoms with van der Waals surface area (Å²) in [6.07, 6.45) is 0. The molecule has 21 heavy (non-hydrogen) atoms. The monoisotopic (exact) mass is 291 g/mol. The van der Waals surface area contributed by atoms with Gasteiger partial charge in [0.1, 0.15) is 13.2 Å². The summed E-state index contributed by atoms with van der Waals surface area (Å²) in [5.41, 5.74) is 0.266. The van der Waals surface area contributed by atoms with E-state index in [1.165, 1.54) is 0 Å². The molecule has 0 bridgehead atoms. The first-order valence-corrected chi connectivity index (χ1v) is 6.46. The van der Waals surface area contributed by atoms with Crippen molar-refractivity contribution < 1.29 is 28.5 Å². The SMILES string of the molecule is CCOc1oc(-c2cccc3c2OCCO3)nc1C(=O)O. The van der Waals surface area contributed by atoms with Crippen LogP contribution in [-0.2, 0) is 0 Å². The molecule has 3 rings (SSSR count). The molecule has 1 aromatic heterocycles. The van der Waals surface area contributed by atoms with E-state index in [4.69, 9.17) is 23.7 Å². The summed E-state index contributed by atoms with van der Waals surface area (Å²) in [6, 6.07) is 5.25. The van der Waals surface area contributed by atoms with Gasteiger partial charge >= 0.3 is 11.9 Å². The number of benzene rings is 1. The van der Waals surface area contributed by atoms with E-state index in [0.717, 1.165) is 0 Å². The lowest BCUT2D eigenvalue weighted by molar-refractivity contribution is 0.0683. The van der Waals surface area contributed by atoms with E-state index in [-0.39, 0.29) is 24.1 Å². The van der Waals surface area contributed by atoms with Crippen molar-refractivity contribution in [1.82, 2.24) is 4.98 Å². The van der Waals surface area contributed by atoms with Crippen molar-refractivity contribution in [2.45, 2.75) is 6.92 Å². The highest BCUT2D eigenvalue weighted by Crippen LogP contribution is 2.40. The van der Waals surface area contributed by atoms with Crippen molar-refractivity contribution >= 4 is 5.97 Å². The predicted octanol–water partition coefficient (Wildman–Crippen LogP) is 2.21. The van der Waals surface area contributed by atoms with Crippen LogP contribution in [0.4, 0.5) is 0 Å². The second-order valence-corrected chi connectivity index (χ2v) is 4.22. The molecule has 1 aliphatic rings. The number of ether oxygens (including phenoxy) is 3. The van der Waals surface area contributed by atoms with Crippen molar-refractivity contribution in [2.75, 3.05) is 19.8 Å². The zero-order valence-electron chi connectivity index (χ0n) is 11.3. The van der Waals surface area contributed by atoms with Crippen LogP contribution in [0.5, 0.6) is 17.4 Å². The standard InChI is InChI=1S/C14H13NO6/c1-2-18-14-10(13(16)17)15-12(21-14)8-4-3-5-9-11(8)20-7-6-19-9/h3-5H,2,6-7H2,1H3,(H,16,17). The summed E-state index contributed by atoms with van der Waals surface area (Å²) in [6.45, 7) is 2.89. The maximum absolute atomic E-state index is 11.2. The highest BCUT2D eigenvalue weighted by Gasteiger charge is 2.25. The average molecular weight is 291 g/mol. The fourth-order valence-electron chi connectivity index (χ4n) is 2.03. The Kier molecular flexibility index (Phi) is 3.39. The Bertz CT molecular complexity index is 678. The number of hydrogen-bond acceptors (Lipinski definition) is 6. The number of fused-ring (bicyclic) bond motifs is 1. The topological polar surface area (TPSA) is 91.0 Å². The predicted molar refractivity (Wildman–Crippen MR) is 71.1 cm³/mol. The molecule has 2 heterocycles. The van der Waals surface area contributed by atoms with E-state index in [1.54, 1.807) is 25.1 Å². The van der Waals surface area contributed by atoms with Crippen LogP contribution >= 0.6 is 0 Å². The molecule has 7 nitrogen and oxygen atoms in total. The molecule has 110 valence electrons. The van der Waals surface area contributed by atoms with Crippen LogP contribution in [0, 0.1) is 0 Å². The maximum atomic E-state index is 11.2. The summed E-state index contributed by atoms with van der Waals surface area (Å²) in [5.74, 6) is -0.139. The van der Waals surface area contributed by atoms with E-state index >= 15 is 0 Å². The largest absolute Gasteiger partial charge is 0.486 e. The third-order valence-corrected chi connectivity index (χ3v) is 2.87. The minimum atomic E-state index is -1.21. The average Bonchev–Trinajstić information content (AvgIpc) is 2.91. The molecule has 0 spiro atoms. The molecule has 1 aliphatic heterocycles.